The predicted octanol–water partition coefficient (Wildman–Crippen LogP) is 1.67. The first-order valence-corrected chi connectivity index (χ1v) is 4.82. The third kappa shape index (κ3) is 3.39. The zero-order valence-corrected chi connectivity index (χ0v) is 9.25. The van der Waals surface area contributed by atoms with Crippen LogP contribution in [0.5, 0.6) is 0 Å². The Labute approximate surface area is 99.6 Å². The largest absolute Gasteiger partial charge is 0.480 e. The van der Waals surface area contributed by atoms with Gasteiger partial charge >= 0.3 is 12.1 Å². The summed E-state index contributed by atoms with van der Waals surface area (Å²) >= 11 is 0. The van der Waals surface area contributed by atoms with Crippen molar-refractivity contribution < 1.29 is 27.5 Å². The fourth-order valence-corrected chi connectivity index (χ4v) is 1.22. The Morgan fingerprint density at radius 3 is 2.44 bits per heavy atom. The Bertz CT molecular complexity index is 432. The van der Waals surface area contributed by atoms with E-state index in [-0.39, 0.29) is 5.69 Å². The summed E-state index contributed by atoms with van der Waals surface area (Å²) < 4.78 is 48.9. The van der Waals surface area contributed by atoms with Crippen LogP contribution in [-0.4, -0.2) is 28.8 Å². The van der Waals surface area contributed by atoms with Crippen LogP contribution in [-0.2, 0) is 10.3 Å². The van der Waals surface area contributed by atoms with Crippen molar-refractivity contribution in [3.05, 3.63) is 29.8 Å². The average molecular weight is 266 g/mol. The Kier molecular flexibility index (Phi) is 3.90. The van der Waals surface area contributed by atoms with Crippen molar-refractivity contribution in [2.75, 3.05) is 6.54 Å². The third-order valence-electron chi connectivity index (χ3n) is 2.31. The lowest BCUT2D eigenvalue weighted by molar-refractivity contribution is -0.150. The van der Waals surface area contributed by atoms with Gasteiger partial charge in [0.2, 0.25) is 0 Å². The van der Waals surface area contributed by atoms with Crippen molar-refractivity contribution in [2.24, 2.45) is 0 Å². The Morgan fingerprint density at radius 2 is 2.06 bits per heavy atom. The number of carboxylic acids is 1. The molecule has 2 N–H and O–H groups in total. The van der Waals surface area contributed by atoms with E-state index in [0.717, 1.165) is 25.3 Å². The average Bonchev–Trinajstić information content (AvgIpc) is 2.25. The summed E-state index contributed by atoms with van der Waals surface area (Å²) in [7, 11) is 0. The minimum absolute atomic E-state index is 0.208. The van der Waals surface area contributed by atoms with E-state index in [1.54, 1.807) is 0 Å². The van der Waals surface area contributed by atoms with Crippen LogP contribution < -0.4 is 5.32 Å². The Hall–Kier alpha value is -1.70. The lowest BCUT2D eigenvalue weighted by Crippen LogP contribution is -2.50. The first-order valence-electron chi connectivity index (χ1n) is 4.82. The number of aromatic nitrogens is 1. The molecule has 1 aromatic heterocycles. The molecule has 0 aromatic carbocycles. The van der Waals surface area contributed by atoms with E-state index in [1.807, 2.05) is 5.32 Å². The molecule has 8 heteroatoms. The molecule has 0 spiro atoms. The fourth-order valence-electron chi connectivity index (χ4n) is 1.22. The van der Waals surface area contributed by atoms with Crippen molar-refractivity contribution in [1.82, 2.24) is 10.3 Å². The number of carboxylic acid groups (broad SMARTS) is 1. The molecule has 100 valence electrons. The number of nitrogens with zero attached hydrogens (tertiary/aromatic N) is 1. The molecular formula is C10H10F4N2O2. The molecule has 0 aliphatic carbocycles. The second-order valence-electron chi connectivity index (χ2n) is 3.76. The summed E-state index contributed by atoms with van der Waals surface area (Å²) in [6, 6.07) is 1.95. The van der Waals surface area contributed by atoms with Gasteiger partial charge in [0.15, 0.2) is 5.54 Å². The van der Waals surface area contributed by atoms with Crippen molar-refractivity contribution >= 4 is 5.97 Å². The van der Waals surface area contributed by atoms with Crippen LogP contribution in [0.3, 0.4) is 0 Å². The summed E-state index contributed by atoms with van der Waals surface area (Å²) in [6.45, 7) is -0.462. The number of alkyl halides is 3. The molecular weight excluding hydrogens is 256 g/mol. The highest BCUT2D eigenvalue weighted by molar-refractivity contribution is 5.79. The third-order valence-corrected chi connectivity index (χ3v) is 2.31. The summed E-state index contributed by atoms with van der Waals surface area (Å²) in [5.41, 5.74) is -2.25. The zero-order chi connectivity index (χ0) is 14.0. The summed E-state index contributed by atoms with van der Waals surface area (Å²) in [5, 5.41) is 10.9. The SMILES string of the molecule is CC(NCC(F)(F)F)(C(=O)O)c1ccc(F)cn1. The minimum atomic E-state index is -4.56. The lowest BCUT2D eigenvalue weighted by Gasteiger charge is -2.26. The van der Waals surface area contributed by atoms with E-state index >= 15 is 0 Å². The van der Waals surface area contributed by atoms with E-state index in [2.05, 4.69) is 4.98 Å². The first-order chi connectivity index (χ1) is 8.15. The molecule has 0 amide bonds. The molecule has 0 aliphatic heterocycles. The van der Waals surface area contributed by atoms with E-state index in [4.69, 9.17) is 5.11 Å². The Balaban J connectivity index is 3.00. The predicted molar refractivity (Wildman–Crippen MR) is 53.2 cm³/mol. The van der Waals surface area contributed by atoms with Crippen molar-refractivity contribution in [3.63, 3.8) is 0 Å². The maximum absolute atomic E-state index is 12.6. The van der Waals surface area contributed by atoms with E-state index in [1.165, 1.54) is 0 Å². The van der Waals surface area contributed by atoms with Gasteiger partial charge in [0.05, 0.1) is 18.4 Å². The minimum Gasteiger partial charge on any atom is -0.480 e. The van der Waals surface area contributed by atoms with Crippen LogP contribution in [0, 0.1) is 5.82 Å². The van der Waals surface area contributed by atoms with Gasteiger partial charge in [-0.2, -0.15) is 13.2 Å². The molecule has 0 saturated heterocycles. The van der Waals surface area contributed by atoms with Gasteiger partial charge in [-0.25, -0.2) is 9.18 Å². The van der Waals surface area contributed by atoms with Crippen LogP contribution in [0.1, 0.15) is 12.6 Å². The lowest BCUT2D eigenvalue weighted by atomic mass is 9.97. The molecule has 1 unspecified atom stereocenters. The van der Waals surface area contributed by atoms with Crippen molar-refractivity contribution in [1.29, 1.82) is 0 Å². The molecule has 4 nitrogen and oxygen atoms in total. The number of hydrogen-bond donors (Lipinski definition) is 2. The van der Waals surface area contributed by atoms with Crippen molar-refractivity contribution in [2.45, 2.75) is 18.6 Å². The van der Waals surface area contributed by atoms with Crippen molar-refractivity contribution in [3.8, 4) is 0 Å². The highest BCUT2D eigenvalue weighted by Crippen LogP contribution is 2.22. The maximum atomic E-state index is 12.6. The summed E-state index contributed by atoms with van der Waals surface area (Å²) in [6.07, 6.45) is -3.82. The molecule has 1 aromatic rings. The number of aliphatic carboxylic acids is 1. The van der Waals surface area contributed by atoms with Gasteiger partial charge in [0.1, 0.15) is 5.82 Å². The van der Waals surface area contributed by atoms with E-state index < -0.39 is 30.0 Å². The smallest absolute Gasteiger partial charge is 0.401 e. The van der Waals surface area contributed by atoms with E-state index in [9.17, 15) is 22.4 Å². The molecule has 1 heterocycles. The van der Waals surface area contributed by atoms with Gasteiger partial charge in [-0.05, 0) is 19.1 Å². The fraction of sp³-hybridized carbons (Fsp3) is 0.400. The van der Waals surface area contributed by atoms with Crippen LogP contribution in [0.2, 0.25) is 0 Å². The van der Waals surface area contributed by atoms with Gasteiger partial charge in [-0.1, -0.05) is 0 Å². The molecule has 0 aliphatic rings. The van der Waals surface area contributed by atoms with Gasteiger partial charge in [-0.15, -0.1) is 0 Å². The van der Waals surface area contributed by atoms with Gasteiger partial charge in [0, 0.05) is 0 Å². The number of halogens is 4. The molecule has 0 saturated carbocycles. The molecule has 0 radical (unpaired) electrons. The number of nitrogens with one attached hydrogen (secondary N) is 1. The highest BCUT2D eigenvalue weighted by Gasteiger charge is 2.40. The number of pyridine rings is 1. The highest BCUT2D eigenvalue weighted by atomic mass is 19.4. The second kappa shape index (κ2) is 4.89. The standard InChI is InChI=1S/C10H10F4N2O2/c1-9(8(17)18,16-5-10(12,13)14)7-3-2-6(11)4-15-7/h2-4,16H,5H2,1H3,(H,17,18). The van der Waals surface area contributed by atoms with E-state index in [0.29, 0.717) is 0 Å². The Morgan fingerprint density at radius 1 is 1.44 bits per heavy atom. The number of carbonyl (C=O) groups is 1. The number of hydrogen-bond acceptors (Lipinski definition) is 3. The van der Waals surface area contributed by atoms with Crippen LogP contribution in [0.15, 0.2) is 18.3 Å². The molecule has 1 atom stereocenters. The second-order valence-corrected chi connectivity index (χ2v) is 3.76. The van der Waals surface area contributed by atoms with Crippen LogP contribution >= 0.6 is 0 Å². The monoisotopic (exact) mass is 266 g/mol. The normalized spacial score (nSPS) is 15.2. The van der Waals surface area contributed by atoms with Crippen LogP contribution in [0.4, 0.5) is 17.6 Å². The quantitative estimate of drug-likeness (QED) is 0.814. The first kappa shape index (κ1) is 14.4. The van der Waals surface area contributed by atoms with Gasteiger partial charge < -0.3 is 5.11 Å². The molecule has 18 heavy (non-hydrogen) atoms. The van der Waals surface area contributed by atoms with Crippen LogP contribution in [0.25, 0.3) is 0 Å². The molecule has 0 bridgehead atoms. The summed E-state index contributed by atoms with van der Waals surface area (Å²) in [4.78, 5) is 14.5. The molecule has 0 fully saturated rings. The maximum Gasteiger partial charge on any atom is 0.401 e. The summed E-state index contributed by atoms with van der Waals surface area (Å²) in [5.74, 6) is -2.24. The molecule has 1 rings (SSSR count). The van der Waals surface area contributed by atoms with Gasteiger partial charge in [0.25, 0.3) is 0 Å². The number of rotatable bonds is 4. The van der Waals surface area contributed by atoms with Gasteiger partial charge in [-0.3, -0.25) is 10.3 Å². The topological polar surface area (TPSA) is 62.2 Å². The zero-order valence-electron chi connectivity index (χ0n) is 9.25.